The lowest BCUT2D eigenvalue weighted by Crippen LogP contribution is -2.24. The van der Waals surface area contributed by atoms with Crippen molar-refractivity contribution >= 4 is 23.6 Å². The van der Waals surface area contributed by atoms with Gasteiger partial charge in [-0.3, -0.25) is 9.48 Å². The summed E-state index contributed by atoms with van der Waals surface area (Å²) in [5, 5.41) is 4.74. The van der Waals surface area contributed by atoms with Crippen LogP contribution in [0.5, 0.6) is 11.5 Å². The van der Waals surface area contributed by atoms with Gasteiger partial charge in [0.15, 0.2) is 11.5 Å². The molecule has 1 aliphatic rings. The predicted molar refractivity (Wildman–Crippen MR) is 95.9 cm³/mol. The maximum atomic E-state index is 12.4. The highest BCUT2D eigenvalue weighted by atomic mass is 35.5. The number of benzene rings is 1. The third-order valence-corrected chi connectivity index (χ3v) is 4.44. The van der Waals surface area contributed by atoms with Crippen LogP contribution in [0.1, 0.15) is 16.8 Å². The number of rotatable bonds is 4. The monoisotopic (exact) mass is 361 g/mol. The number of fused-ring (bicyclic) bond motifs is 1. The Morgan fingerprint density at radius 1 is 1.36 bits per heavy atom. The third-order valence-electron chi connectivity index (χ3n) is 3.99. The molecule has 0 saturated carbocycles. The van der Waals surface area contributed by atoms with Gasteiger partial charge in [-0.15, -0.1) is 0 Å². The van der Waals surface area contributed by atoms with E-state index in [2.05, 4.69) is 5.10 Å². The molecule has 1 aliphatic heterocycles. The van der Waals surface area contributed by atoms with Crippen molar-refractivity contribution in [2.45, 2.75) is 13.5 Å². The zero-order valence-corrected chi connectivity index (χ0v) is 15.2. The highest BCUT2D eigenvalue weighted by Gasteiger charge is 2.14. The zero-order valence-electron chi connectivity index (χ0n) is 14.5. The van der Waals surface area contributed by atoms with Crippen LogP contribution in [-0.2, 0) is 18.4 Å². The normalized spacial score (nSPS) is 13.3. The molecule has 0 aliphatic carbocycles. The van der Waals surface area contributed by atoms with Crippen molar-refractivity contribution < 1.29 is 14.3 Å². The Labute approximate surface area is 151 Å². The van der Waals surface area contributed by atoms with E-state index in [1.165, 1.54) is 6.08 Å². The van der Waals surface area contributed by atoms with Crippen LogP contribution in [0.3, 0.4) is 0 Å². The molecule has 25 heavy (non-hydrogen) atoms. The Morgan fingerprint density at radius 3 is 2.76 bits per heavy atom. The van der Waals surface area contributed by atoms with Gasteiger partial charge >= 0.3 is 0 Å². The van der Waals surface area contributed by atoms with E-state index >= 15 is 0 Å². The van der Waals surface area contributed by atoms with Crippen molar-refractivity contribution in [2.24, 2.45) is 7.05 Å². The highest BCUT2D eigenvalue weighted by Crippen LogP contribution is 2.31. The van der Waals surface area contributed by atoms with Gasteiger partial charge in [-0.2, -0.15) is 5.10 Å². The first kappa shape index (κ1) is 17.4. The van der Waals surface area contributed by atoms with Gasteiger partial charge in [0.2, 0.25) is 5.91 Å². The Hall–Kier alpha value is -2.47. The minimum Gasteiger partial charge on any atom is -0.486 e. The number of likely N-dealkylation sites (N-methyl/N-ethyl adjacent to an activating group) is 1. The molecule has 0 radical (unpaired) electrons. The van der Waals surface area contributed by atoms with E-state index in [9.17, 15) is 4.79 Å². The molecule has 1 aromatic carbocycles. The van der Waals surface area contributed by atoms with E-state index in [0.717, 1.165) is 28.3 Å². The maximum Gasteiger partial charge on any atom is 0.246 e. The molecule has 1 amide bonds. The number of hydrogen-bond acceptors (Lipinski definition) is 4. The molecule has 2 aromatic rings. The molecule has 2 heterocycles. The molecule has 0 bridgehead atoms. The van der Waals surface area contributed by atoms with Crippen LogP contribution in [0.25, 0.3) is 6.08 Å². The van der Waals surface area contributed by atoms with E-state index in [1.54, 1.807) is 29.8 Å². The van der Waals surface area contributed by atoms with E-state index in [4.69, 9.17) is 21.1 Å². The SMILES string of the molecule is Cc1nn(C)c(Cl)c1/C=C/C(=O)N(C)Cc1ccc2c(c1)OCCO2. The van der Waals surface area contributed by atoms with Gasteiger partial charge in [-0.05, 0) is 30.7 Å². The summed E-state index contributed by atoms with van der Waals surface area (Å²) in [6.45, 7) is 3.43. The topological polar surface area (TPSA) is 56.6 Å². The predicted octanol–water partition coefficient (Wildman–Crippen LogP) is 2.82. The minimum atomic E-state index is -0.116. The number of halogens is 1. The maximum absolute atomic E-state index is 12.4. The van der Waals surface area contributed by atoms with Gasteiger partial charge in [0, 0.05) is 32.3 Å². The average Bonchev–Trinajstić information content (AvgIpc) is 2.84. The summed E-state index contributed by atoms with van der Waals surface area (Å²) in [5.74, 6) is 1.35. The second-order valence-corrected chi connectivity index (χ2v) is 6.28. The van der Waals surface area contributed by atoms with E-state index in [-0.39, 0.29) is 5.91 Å². The van der Waals surface area contributed by atoms with Crippen LogP contribution in [-0.4, -0.2) is 40.8 Å². The second-order valence-electron chi connectivity index (χ2n) is 5.92. The summed E-state index contributed by atoms with van der Waals surface area (Å²) < 4.78 is 12.7. The Balaban J connectivity index is 1.67. The average molecular weight is 362 g/mol. The fourth-order valence-electron chi connectivity index (χ4n) is 2.66. The first-order valence-corrected chi connectivity index (χ1v) is 8.34. The Morgan fingerprint density at radius 2 is 2.08 bits per heavy atom. The standard InChI is InChI=1S/C18H20ClN3O3/c1-12-14(18(19)22(3)20-12)5-7-17(23)21(2)11-13-4-6-15-16(10-13)25-9-8-24-15/h4-7,10H,8-9,11H2,1-3H3/b7-5+. The minimum absolute atomic E-state index is 0.116. The quantitative estimate of drug-likeness (QED) is 0.786. The number of aromatic nitrogens is 2. The van der Waals surface area contributed by atoms with Crippen molar-refractivity contribution in [1.82, 2.24) is 14.7 Å². The van der Waals surface area contributed by atoms with Crippen LogP contribution >= 0.6 is 11.6 Å². The van der Waals surface area contributed by atoms with Gasteiger partial charge in [0.1, 0.15) is 18.4 Å². The first-order valence-electron chi connectivity index (χ1n) is 7.96. The molecule has 0 N–H and O–H groups in total. The Bertz CT molecular complexity index is 829. The van der Waals surface area contributed by atoms with Gasteiger partial charge in [-0.25, -0.2) is 0 Å². The lowest BCUT2D eigenvalue weighted by atomic mass is 10.2. The summed E-state index contributed by atoms with van der Waals surface area (Å²) in [7, 11) is 3.52. The second kappa shape index (κ2) is 7.19. The zero-order chi connectivity index (χ0) is 18.0. The van der Waals surface area contributed by atoms with Crippen LogP contribution in [0.2, 0.25) is 5.15 Å². The molecule has 132 valence electrons. The molecule has 0 fully saturated rings. The molecule has 0 spiro atoms. The summed E-state index contributed by atoms with van der Waals surface area (Å²) in [4.78, 5) is 14.0. The van der Waals surface area contributed by atoms with Crippen LogP contribution in [0.15, 0.2) is 24.3 Å². The number of hydrogen-bond donors (Lipinski definition) is 0. The van der Waals surface area contributed by atoms with E-state index in [1.807, 2.05) is 25.1 Å². The van der Waals surface area contributed by atoms with Gasteiger partial charge in [0.05, 0.1) is 5.69 Å². The van der Waals surface area contributed by atoms with E-state index in [0.29, 0.717) is 24.9 Å². The van der Waals surface area contributed by atoms with Crippen molar-refractivity contribution in [2.75, 3.05) is 20.3 Å². The largest absolute Gasteiger partial charge is 0.486 e. The molecular formula is C18H20ClN3O3. The van der Waals surface area contributed by atoms with Gasteiger partial charge < -0.3 is 14.4 Å². The van der Waals surface area contributed by atoms with Crippen molar-refractivity contribution in [3.8, 4) is 11.5 Å². The third kappa shape index (κ3) is 3.79. The van der Waals surface area contributed by atoms with Crippen molar-refractivity contribution in [1.29, 1.82) is 0 Å². The first-order chi connectivity index (χ1) is 12.0. The highest BCUT2D eigenvalue weighted by molar-refractivity contribution is 6.31. The number of nitrogens with zero attached hydrogens (tertiary/aromatic N) is 3. The smallest absolute Gasteiger partial charge is 0.246 e. The van der Waals surface area contributed by atoms with Crippen LogP contribution in [0, 0.1) is 6.92 Å². The molecule has 0 saturated heterocycles. The van der Waals surface area contributed by atoms with Crippen LogP contribution < -0.4 is 9.47 Å². The lowest BCUT2D eigenvalue weighted by molar-refractivity contribution is -0.125. The number of carbonyl (C=O) groups excluding carboxylic acids is 1. The molecular weight excluding hydrogens is 342 g/mol. The molecule has 1 aromatic heterocycles. The fraction of sp³-hybridized carbons (Fsp3) is 0.333. The molecule has 3 rings (SSSR count). The lowest BCUT2D eigenvalue weighted by Gasteiger charge is -2.20. The number of carbonyl (C=O) groups is 1. The molecule has 7 heteroatoms. The number of aryl methyl sites for hydroxylation is 2. The number of amides is 1. The summed E-state index contributed by atoms with van der Waals surface area (Å²) in [6.07, 6.45) is 3.21. The molecule has 6 nitrogen and oxygen atoms in total. The fourth-order valence-corrected chi connectivity index (χ4v) is 2.89. The van der Waals surface area contributed by atoms with Gasteiger partial charge in [0.25, 0.3) is 0 Å². The molecule has 0 atom stereocenters. The van der Waals surface area contributed by atoms with Crippen LogP contribution in [0.4, 0.5) is 0 Å². The number of ether oxygens (including phenoxy) is 2. The summed E-state index contributed by atoms with van der Waals surface area (Å²) in [5.41, 5.74) is 2.51. The Kier molecular flexibility index (Phi) is 4.99. The van der Waals surface area contributed by atoms with Gasteiger partial charge in [-0.1, -0.05) is 17.7 Å². The summed E-state index contributed by atoms with van der Waals surface area (Å²) in [6, 6.07) is 5.71. The van der Waals surface area contributed by atoms with Crippen molar-refractivity contribution in [3.05, 3.63) is 46.2 Å². The summed E-state index contributed by atoms with van der Waals surface area (Å²) >= 11 is 6.17. The van der Waals surface area contributed by atoms with E-state index < -0.39 is 0 Å². The van der Waals surface area contributed by atoms with Crippen molar-refractivity contribution in [3.63, 3.8) is 0 Å². The molecule has 0 unspecified atom stereocenters.